The minimum absolute atomic E-state index is 0.0461. The highest BCUT2D eigenvalue weighted by Crippen LogP contribution is 2.32. The van der Waals surface area contributed by atoms with E-state index in [1.807, 2.05) is 48.5 Å². The van der Waals surface area contributed by atoms with E-state index in [0.29, 0.717) is 5.69 Å². The van der Waals surface area contributed by atoms with Gasteiger partial charge in [0.2, 0.25) is 0 Å². The number of carboxylic acids is 1. The van der Waals surface area contributed by atoms with E-state index in [-0.39, 0.29) is 23.9 Å². The van der Waals surface area contributed by atoms with Crippen LogP contribution in [0.25, 0.3) is 27.4 Å². The molecule has 5 nitrogen and oxygen atoms in total. The fourth-order valence-electron chi connectivity index (χ4n) is 5.26. The predicted molar refractivity (Wildman–Crippen MR) is 159 cm³/mol. The Hall–Kier alpha value is -5.16. The van der Waals surface area contributed by atoms with Crippen LogP contribution in [0.4, 0.5) is 0 Å². The van der Waals surface area contributed by atoms with E-state index >= 15 is 0 Å². The highest BCUT2D eigenvalue weighted by Gasteiger charge is 2.20. The summed E-state index contributed by atoms with van der Waals surface area (Å²) >= 11 is 0. The third kappa shape index (κ3) is 4.85. The highest BCUT2D eigenvalue weighted by atomic mass is 16.4. The molecule has 5 heteroatoms. The van der Waals surface area contributed by atoms with Crippen LogP contribution < -0.4 is 5.32 Å². The second-order valence-corrected chi connectivity index (χ2v) is 10.0. The molecule has 2 heterocycles. The van der Waals surface area contributed by atoms with Crippen molar-refractivity contribution < 1.29 is 14.7 Å². The number of nitrogens with zero attached hydrogens (tertiary/aromatic N) is 1. The van der Waals surface area contributed by atoms with Crippen molar-refractivity contribution in [3.05, 3.63) is 149 Å². The van der Waals surface area contributed by atoms with Crippen molar-refractivity contribution in [1.29, 1.82) is 0 Å². The Kier molecular flexibility index (Phi) is 6.62. The first-order valence-corrected chi connectivity index (χ1v) is 13.3. The molecule has 2 N–H and O–H groups in total. The standard InChI is InChI=1S/C35H28N2O3/c1-23(28-16-15-26-9-5-6-10-29(26)19-28)32-18-17-31-20-30(25-7-3-2-4-8-25)21-33(37(31)32)34(38)36-22-24-11-13-27(14-12-24)35(39)40/h2-21,23H,22H2,1H3,(H,36,38)(H,39,40)/t23-/m0/s1. The van der Waals surface area contributed by atoms with Crippen LogP contribution in [0.1, 0.15) is 50.5 Å². The molecular weight excluding hydrogens is 496 g/mol. The fourth-order valence-corrected chi connectivity index (χ4v) is 5.26. The van der Waals surface area contributed by atoms with Crippen LogP contribution in [0.15, 0.2) is 121 Å². The van der Waals surface area contributed by atoms with Gasteiger partial charge in [-0.15, -0.1) is 0 Å². The van der Waals surface area contributed by atoms with E-state index in [2.05, 4.69) is 65.2 Å². The molecule has 4 aromatic carbocycles. The summed E-state index contributed by atoms with van der Waals surface area (Å²) in [5.41, 5.74) is 6.74. The van der Waals surface area contributed by atoms with Gasteiger partial charge in [0.05, 0.1) is 5.56 Å². The largest absolute Gasteiger partial charge is 0.478 e. The van der Waals surface area contributed by atoms with E-state index in [1.165, 1.54) is 16.3 Å². The summed E-state index contributed by atoms with van der Waals surface area (Å²) < 4.78 is 2.05. The third-order valence-corrected chi connectivity index (χ3v) is 7.49. The van der Waals surface area contributed by atoms with Gasteiger partial charge in [-0.1, -0.05) is 91.9 Å². The number of carbonyl (C=O) groups is 2. The van der Waals surface area contributed by atoms with Crippen molar-refractivity contribution in [3.63, 3.8) is 0 Å². The SMILES string of the molecule is C[C@@H](c1ccc2ccccc2c1)c1ccc2cc(-c3ccccc3)cc(C(=O)NCc3ccc(C(=O)O)cc3)n12. The molecule has 0 fully saturated rings. The molecule has 0 aliphatic carbocycles. The van der Waals surface area contributed by atoms with Crippen LogP contribution in [0.2, 0.25) is 0 Å². The lowest BCUT2D eigenvalue weighted by Crippen LogP contribution is -2.25. The van der Waals surface area contributed by atoms with Crippen LogP contribution in [0.3, 0.4) is 0 Å². The smallest absolute Gasteiger partial charge is 0.335 e. The van der Waals surface area contributed by atoms with E-state index in [9.17, 15) is 14.7 Å². The molecule has 1 amide bonds. The molecule has 0 spiro atoms. The Morgan fingerprint density at radius 3 is 2.23 bits per heavy atom. The molecule has 0 saturated carbocycles. The number of aromatic nitrogens is 1. The van der Waals surface area contributed by atoms with Gasteiger partial charge >= 0.3 is 5.97 Å². The number of hydrogen-bond donors (Lipinski definition) is 2. The third-order valence-electron chi connectivity index (χ3n) is 7.49. The predicted octanol–water partition coefficient (Wildman–Crippen LogP) is 7.54. The first-order chi connectivity index (χ1) is 19.5. The number of benzene rings is 4. The van der Waals surface area contributed by atoms with Crippen LogP contribution >= 0.6 is 0 Å². The minimum atomic E-state index is -0.976. The van der Waals surface area contributed by atoms with Crippen LogP contribution in [-0.2, 0) is 6.54 Å². The maximum absolute atomic E-state index is 13.7. The van der Waals surface area contributed by atoms with Gasteiger partial charge in [-0.3, -0.25) is 4.79 Å². The van der Waals surface area contributed by atoms with Gasteiger partial charge in [0, 0.05) is 23.7 Å². The number of pyridine rings is 1. The van der Waals surface area contributed by atoms with Crippen molar-refractivity contribution in [3.8, 4) is 11.1 Å². The van der Waals surface area contributed by atoms with Gasteiger partial charge in [0.1, 0.15) is 5.69 Å². The maximum atomic E-state index is 13.7. The number of hydrogen-bond acceptors (Lipinski definition) is 2. The Bertz CT molecular complexity index is 1850. The topological polar surface area (TPSA) is 70.8 Å². The molecule has 196 valence electrons. The highest BCUT2D eigenvalue weighted by molar-refractivity contribution is 5.95. The monoisotopic (exact) mass is 524 g/mol. The van der Waals surface area contributed by atoms with Crippen molar-refractivity contribution in [2.24, 2.45) is 0 Å². The summed E-state index contributed by atoms with van der Waals surface area (Å²) in [5, 5.41) is 14.6. The summed E-state index contributed by atoms with van der Waals surface area (Å²) in [5.74, 6) is -1.13. The molecule has 0 aliphatic rings. The molecule has 0 unspecified atom stereocenters. The minimum Gasteiger partial charge on any atom is -0.478 e. The molecule has 40 heavy (non-hydrogen) atoms. The average Bonchev–Trinajstić information content (AvgIpc) is 3.43. The molecule has 0 radical (unpaired) electrons. The first kappa shape index (κ1) is 25.1. The van der Waals surface area contributed by atoms with Gasteiger partial charge < -0.3 is 14.8 Å². The number of nitrogens with one attached hydrogen (secondary N) is 1. The summed E-state index contributed by atoms with van der Waals surface area (Å²) in [7, 11) is 0. The molecule has 1 atom stereocenters. The van der Waals surface area contributed by atoms with Gasteiger partial charge in [0.25, 0.3) is 5.91 Å². The Labute approximate surface area is 232 Å². The lowest BCUT2D eigenvalue weighted by atomic mass is 9.95. The van der Waals surface area contributed by atoms with Crippen LogP contribution in [-0.4, -0.2) is 21.4 Å². The number of rotatable bonds is 7. The van der Waals surface area contributed by atoms with Crippen molar-refractivity contribution in [1.82, 2.24) is 9.72 Å². The number of carboxylic acid groups (broad SMARTS) is 1. The lowest BCUT2D eigenvalue weighted by molar-refractivity contribution is 0.0696. The maximum Gasteiger partial charge on any atom is 0.335 e. The van der Waals surface area contributed by atoms with Crippen molar-refractivity contribution in [2.45, 2.75) is 19.4 Å². The van der Waals surface area contributed by atoms with E-state index in [0.717, 1.165) is 27.9 Å². The molecule has 0 saturated heterocycles. The van der Waals surface area contributed by atoms with Gasteiger partial charge in [0.15, 0.2) is 0 Å². The zero-order chi connectivity index (χ0) is 27.6. The second-order valence-electron chi connectivity index (χ2n) is 10.0. The second kappa shape index (κ2) is 10.5. The number of amides is 1. The molecule has 0 bridgehead atoms. The van der Waals surface area contributed by atoms with Gasteiger partial charge in [-0.05, 0) is 69.4 Å². The van der Waals surface area contributed by atoms with Crippen LogP contribution in [0.5, 0.6) is 0 Å². The van der Waals surface area contributed by atoms with E-state index in [4.69, 9.17) is 0 Å². The fraction of sp³-hybridized carbons (Fsp3) is 0.0857. The number of carbonyl (C=O) groups excluding carboxylic acids is 1. The Morgan fingerprint density at radius 1 is 0.750 bits per heavy atom. The van der Waals surface area contributed by atoms with Gasteiger partial charge in [-0.2, -0.15) is 0 Å². The van der Waals surface area contributed by atoms with Crippen molar-refractivity contribution in [2.75, 3.05) is 0 Å². The molecule has 2 aromatic heterocycles. The Morgan fingerprint density at radius 2 is 1.48 bits per heavy atom. The van der Waals surface area contributed by atoms with Crippen molar-refractivity contribution >= 4 is 28.2 Å². The first-order valence-electron chi connectivity index (χ1n) is 13.3. The molecule has 0 aliphatic heterocycles. The molecule has 6 aromatic rings. The summed E-state index contributed by atoms with van der Waals surface area (Å²) in [6, 6.07) is 39.7. The molecular formula is C35H28N2O3. The Balaban J connectivity index is 1.40. The normalized spacial score (nSPS) is 11.9. The van der Waals surface area contributed by atoms with Gasteiger partial charge in [-0.25, -0.2) is 4.79 Å². The lowest BCUT2D eigenvalue weighted by Gasteiger charge is -2.18. The zero-order valence-corrected chi connectivity index (χ0v) is 22.0. The zero-order valence-electron chi connectivity index (χ0n) is 22.0. The van der Waals surface area contributed by atoms with Crippen LogP contribution in [0, 0.1) is 0 Å². The number of aromatic carboxylic acids is 1. The van der Waals surface area contributed by atoms with E-state index in [1.54, 1.807) is 24.3 Å². The summed E-state index contributed by atoms with van der Waals surface area (Å²) in [6.45, 7) is 2.45. The average molecular weight is 525 g/mol. The van der Waals surface area contributed by atoms with E-state index < -0.39 is 5.97 Å². The quantitative estimate of drug-likeness (QED) is 0.227. The summed E-state index contributed by atoms with van der Waals surface area (Å²) in [6.07, 6.45) is 0. The molecule has 6 rings (SSSR count). The summed E-state index contributed by atoms with van der Waals surface area (Å²) in [4.78, 5) is 24.9. The number of fused-ring (bicyclic) bond motifs is 2.